The highest BCUT2D eigenvalue weighted by atomic mass is 32.2. The molecule has 0 bridgehead atoms. The van der Waals surface area contributed by atoms with Crippen molar-refractivity contribution in [2.24, 2.45) is 0 Å². The van der Waals surface area contributed by atoms with Crippen LogP contribution in [0.1, 0.15) is 33.4 Å². The number of aryl methyl sites for hydroxylation is 6. The van der Waals surface area contributed by atoms with Crippen LogP contribution in [-0.4, -0.2) is 38.9 Å². The van der Waals surface area contributed by atoms with Gasteiger partial charge in [-0.15, -0.1) is 0 Å². The zero-order chi connectivity index (χ0) is 58.8. The van der Waals surface area contributed by atoms with Gasteiger partial charge < -0.3 is 15.0 Å². The number of anilines is 11. The van der Waals surface area contributed by atoms with E-state index in [-0.39, 0.29) is 20.1 Å². The molecule has 0 unspecified atom stereocenters. The zero-order valence-corrected chi connectivity index (χ0v) is 52.6. The second-order valence-electron chi connectivity index (χ2n) is 24.3. The SMILES string of the molecule is CSN1c2cc3c(cc2B2c4ccccc4Oc4cc(-c5c(C)cccc5C)cc1c42)B1c2cc4c(cc2N(SC)c2cc(-c5c(C)cccc5C)cc(c21)N3SC)Nc1cc(-c2c(C)cccc2C)cc2c1B4c1ccccc1N2c1ccccc1. The van der Waals surface area contributed by atoms with Gasteiger partial charge in [-0.05, 0) is 266 Å². The van der Waals surface area contributed by atoms with Crippen LogP contribution in [0, 0.1) is 41.5 Å². The Morgan fingerprint density at radius 1 is 0.322 bits per heavy atom. The molecule has 6 aliphatic heterocycles. The zero-order valence-electron chi connectivity index (χ0n) is 50.1. The van der Waals surface area contributed by atoms with Crippen molar-refractivity contribution in [3.05, 3.63) is 228 Å². The summed E-state index contributed by atoms with van der Waals surface area (Å²) in [5.41, 5.74) is 39.6. The van der Waals surface area contributed by atoms with Crippen molar-refractivity contribution in [2.45, 2.75) is 41.5 Å². The summed E-state index contributed by atoms with van der Waals surface area (Å²) < 4.78 is 14.7. The molecule has 17 rings (SSSR count). The molecule has 87 heavy (non-hydrogen) atoms. The molecule has 0 atom stereocenters. The van der Waals surface area contributed by atoms with E-state index in [1.807, 2.05) is 0 Å². The third-order valence-electron chi connectivity index (χ3n) is 19.5. The fourth-order valence-electron chi connectivity index (χ4n) is 16.1. The average Bonchev–Trinajstić information content (AvgIpc) is 0.731. The summed E-state index contributed by atoms with van der Waals surface area (Å²) in [6.07, 6.45) is 6.74. The van der Waals surface area contributed by atoms with E-state index in [1.165, 1.54) is 161 Å². The van der Waals surface area contributed by atoms with E-state index in [2.05, 4.69) is 278 Å². The van der Waals surface area contributed by atoms with Gasteiger partial charge in [0.15, 0.2) is 0 Å². The van der Waals surface area contributed by atoms with Crippen molar-refractivity contribution >= 4 is 168 Å². The van der Waals surface area contributed by atoms with Gasteiger partial charge >= 0.3 is 0 Å². The summed E-state index contributed by atoms with van der Waals surface area (Å²) in [5.74, 6) is 1.83. The molecule has 12 heteroatoms. The number of ether oxygens (including phenoxy) is 1. The Bertz CT molecular complexity index is 4760. The highest BCUT2D eigenvalue weighted by molar-refractivity contribution is 8.01. The molecule has 11 aromatic rings. The molecule has 0 radical (unpaired) electrons. The molecule has 0 amide bonds. The van der Waals surface area contributed by atoms with Crippen molar-refractivity contribution in [1.82, 2.24) is 0 Å². The average molecular weight is 1180 g/mol. The molecule has 0 saturated carbocycles. The van der Waals surface area contributed by atoms with Gasteiger partial charge in [0.2, 0.25) is 0 Å². The molecule has 0 spiro atoms. The van der Waals surface area contributed by atoms with Gasteiger partial charge in [-0.25, -0.2) is 0 Å². The van der Waals surface area contributed by atoms with Crippen LogP contribution in [0.25, 0.3) is 33.4 Å². The second kappa shape index (κ2) is 19.7. The maximum absolute atomic E-state index is 7.11. The largest absolute Gasteiger partial charge is 0.458 e. The monoisotopic (exact) mass is 1180 g/mol. The van der Waals surface area contributed by atoms with E-state index >= 15 is 0 Å². The first-order chi connectivity index (χ1) is 42.5. The Labute approximate surface area is 524 Å². The number of benzene rings is 11. The van der Waals surface area contributed by atoms with Gasteiger partial charge in [-0.3, -0.25) is 12.9 Å². The lowest BCUT2D eigenvalue weighted by Crippen LogP contribution is -2.66. The Hall–Kier alpha value is -8.54. The molecule has 0 fully saturated rings. The fraction of sp³-hybridized carbons (Fsp3) is 0.120. The minimum Gasteiger partial charge on any atom is -0.458 e. The van der Waals surface area contributed by atoms with E-state index in [1.54, 1.807) is 35.8 Å². The lowest BCUT2D eigenvalue weighted by atomic mass is 9.29. The first-order valence-electron chi connectivity index (χ1n) is 30.1. The summed E-state index contributed by atoms with van der Waals surface area (Å²) in [6.45, 7) is 13.2. The lowest BCUT2D eigenvalue weighted by Gasteiger charge is -2.46. The van der Waals surface area contributed by atoms with Crippen LogP contribution in [-0.2, 0) is 0 Å². The maximum Gasteiger partial charge on any atom is 0.256 e. The number of para-hydroxylation sites is 3. The normalized spacial score (nSPS) is 14.0. The van der Waals surface area contributed by atoms with E-state index in [0.717, 1.165) is 28.6 Å². The van der Waals surface area contributed by atoms with Crippen LogP contribution in [0.3, 0.4) is 0 Å². The van der Waals surface area contributed by atoms with Gasteiger partial charge in [0, 0.05) is 64.3 Å². The number of nitrogens with one attached hydrogen (secondary N) is 1. The molecule has 1 N–H and O–H groups in total. The molecule has 0 saturated heterocycles. The molecular formula is C75H60B3N5OS3. The van der Waals surface area contributed by atoms with Crippen LogP contribution in [0.2, 0.25) is 0 Å². The molecule has 418 valence electrons. The lowest BCUT2D eigenvalue weighted by molar-refractivity contribution is 0.488. The number of hydrogen-bond acceptors (Lipinski definition) is 9. The highest BCUT2D eigenvalue weighted by Crippen LogP contribution is 2.50. The highest BCUT2D eigenvalue weighted by Gasteiger charge is 2.50. The predicted octanol–water partition coefficient (Wildman–Crippen LogP) is 14.2. The topological polar surface area (TPSA) is 34.2 Å². The summed E-state index contributed by atoms with van der Waals surface area (Å²) >= 11 is 5.38. The first kappa shape index (κ1) is 52.8. The van der Waals surface area contributed by atoms with Crippen molar-refractivity contribution < 1.29 is 4.74 Å². The molecule has 11 aromatic carbocycles. The summed E-state index contributed by atoms with van der Waals surface area (Å²) in [4.78, 5) is 2.51. The Balaban J connectivity index is 0.940. The van der Waals surface area contributed by atoms with E-state index in [0.29, 0.717) is 0 Å². The van der Waals surface area contributed by atoms with E-state index in [4.69, 9.17) is 4.74 Å². The maximum atomic E-state index is 7.11. The summed E-state index contributed by atoms with van der Waals surface area (Å²) in [7, 11) is 0. The number of fused-ring (bicyclic) bond motifs is 12. The van der Waals surface area contributed by atoms with Crippen molar-refractivity contribution in [2.75, 3.05) is 41.9 Å². The van der Waals surface area contributed by atoms with Crippen LogP contribution in [0.5, 0.6) is 11.5 Å². The van der Waals surface area contributed by atoms with Gasteiger partial charge in [-0.1, -0.05) is 121 Å². The van der Waals surface area contributed by atoms with Crippen LogP contribution in [0.4, 0.5) is 62.6 Å². The number of rotatable bonds is 7. The quantitative estimate of drug-likeness (QED) is 0.124. The van der Waals surface area contributed by atoms with E-state index in [9.17, 15) is 0 Å². The minimum atomic E-state index is -0.119. The summed E-state index contributed by atoms with van der Waals surface area (Å²) in [5, 5.41) is 4.22. The van der Waals surface area contributed by atoms with Crippen LogP contribution < -0.4 is 77.0 Å². The summed E-state index contributed by atoms with van der Waals surface area (Å²) in [6, 6.07) is 73.9. The molecule has 0 aliphatic carbocycles. The third-order valence-corrected chi connectivity index (χ3v) is 21.8. The minimum absolute atomic E-state index is 0.0545. The standard InChI is InChI=1S/C75H60B3N5OS3/c1-42-20-17-21-43(2)70(42)48-32-59-73-64(33-48)80(51-26-11-10-12-27-51)60-30-15-13-28-52(60)76(73)54-38-55-61(40-58(54)79-59)81(85-7)65-34-49(71-44(3)22-18-23-45(71)4)35-66-74(65)78(55)57-39-56-62(41-63(57)82(66)86-8)83(87-9)67-36-50(72-46(5)24-19-25-47(72)6)37-69-75(67)77(56)53-29-14-16-31-68(53)84-69/h10-41,79H,1-9H3. The molecule has 6 aliphatic rings. The Morgan fingerprint density at radius 2 is 0.770 bits per heavy atom. The van der Waals surface area contributed by atoms with Crippen molar-refractivity contribution in [3.8, 4) is 44.9 Å². The number of nitrogens with zero attached hydrogens (tertiary/aromatic N) is 4. The molecule has 0 aromatic heterocycles. The smallest absolute Gasteiger partial charge is 0.256 e. The van der Waals surface area contributed by atoms with Gasteiger partial charge in [0.05, 0.1) is 17.1 Å². The van der Waals surface area contributed by atoms with Gasteiger partial charge in [0.1, 0.15) is 11.5 Å². The third kappa shape index (κ3) is 7.57. The van der Waals surface area contributed by atoms with Crippen LogP contribution in [0.15, 0.2) is 194 Å². The predicted molar refractivity (Wildman–Crippen MR) is 382 cm³/mol. The Morgan fingerprint density at radius 3 is 1.34 bits per heavy atom. The first-order valence-corrected chi connectivity index (χ1v) is 33.7. The van der Waals surface area contributed by atoms with Crippen LogP contribution >= 0.6 is 35.8 Å². The molecule has 6 heterocycles. The molecular weight excluding hydrogens is 1120 g/mol. The number of hydrogen-bond donors (Lipinski definition) is 1. The van der Waals surface area contributed by atoms with Gasteiger partial charge in [0.25, 0.3) is 20.1 Å². The van der Waals surface area contributed by atoms with Crippen molar-refractivity contribution in [1.29, 1.82) is 0 Å². The fourth-order valence-corrected chi connectivity index (χ4v) is 18.2. The van der Waals surface area contributed by atoms with Crippen molar-refractivity contribution in [3.63, 3.8) is 0 Å². The van der Waals surface area contributed by atoms with E-state index < -0.39 is 0 Å². The van der Waals surface area contributed by atoms with Gasteiger partial charge in [-0.2, -0.15) is 0 Å². The Kier molecular flexibility index (Phi) is 12.0. The second-order valence-corrected chi connectivity index (χ2v) is 26.5. The molecule has 6 nitrogen and oxygen atoms in total.